The third kappa shape index (κ3) is 1.06. The summed E-state index contributed by atoms with van der Waals surface area (Å²) in [6, 6.07) is 1.90. The molecule has 0 bridgehead atoms. The number of aromatic nitrogens is 5. The van der Waals surface area contributed by atoms with Crippen molar-refractivity contribution < 1.29 is 0 Å². The van der Waals surface area contributed by atoms with Crippen LogP contribution in [-0.2, 0) is 0 Å². The largest absolute Gasteiger partial charge is 0.397 e. The molecule has 86 valence electrons. The molecule has 2 N–H and O–H groups in total. The van der Waals surface area contributed by atoms with Gasteiger partial charge in [-0.2, -0.15) is 5.10 Å². The SMILES string of the molecule is Nc1cncc2ncc3c(nn4cnccc34)c12. The number of pyridine rings is 2. The summed E-state index contributed by atoms with van der Waals surface area (Å²) in [6.07, 6.45) is 8.50. The van der Waals surface area contributed by atoms with E-state index in [4.69, 9.17) is 5.73 Å². The smallest absolute Gasteiger partial charge is 0.117 e. The van der Waals surface area contributed by atoms with Crippen molar-refractivity contribution in [3.05, 3.63) is 37.2 Å². The predicted molar refractivity (Wildman–Crippen MR) is 68.0 cm³/mol. The molecule has 4 aromatic heterocycles. The third-order valence-electron chi connectivity index (χ3n) is 3.00. The van der Waals surface area contributed by atoms with E-state index in [1.165, 1.54) is 0 Å². The minimum Gasteiger partial charge on any atom is -0.397 e. The molecule has 0 aliphatic carbocycles. The normalized spacial score (nSPS) is 11.6. The number of hydrogen-bond donors (Lipinski definition) is 1. The standard InChI is InChI=1S/C12H8N6/c13-8-4-15-5-9-11(8)12-7(3-16-9)10-1-2-14-6-18(10)17-12/h1-6H,13H2. The average molecular weight is 236 g/mol. The fraction of sp³-hybridized carbons (Fsp3) is 0. The van der Waals surface area contributed by atoms with E-state index < -0.39 is 0 Å². The van der Waals surface area contributed by atoms with Crippen LogP contribution in [0, 0.1) is 0 Å². The minimum absolute atomic E-state index is 0.585. The zero-order valence-electron chi connectivity index (χ0n) is 9.28. The summed E-state index contributed by atoms with van der Waals surface area (Å²) >= 11 is 0. The molecule has 6 nitrogen and oxygen atoms in total. The lowest BCUT2D eigenvalue weighted by Crippen LogP contribution is -1.91. The zero-order chi connectivity index (χ0) is 12.1. The quantitative estimate of drug-likeness (QED) is 0.499. The molecule has 4 rings (SSSR count). The first-order chi connectivity index (χ1) is 8.84. The van der Waals surface area contributed by atoms with Crippen LogP contribution in [0.3, 0.4) is 0 Å². The van der Waals surface area contributed by atoms with Crippen molar-refractivity contribution in [1.29, 1.82) is 0 Å². The summed E-state index contributed by atoms with van der Waals surface area (Å²) < 4.78 is 1.73. The summed E-state index contributed by atoms with van der Waals surface area (Å²) in [5.74, 6) is 0. The number of fused-ring (bicyclic) bond motifs is 5. The molecule has 0 radical (unpaired) electrons. The molecule has 0 aliphatic rings. The molecule has 0 aromatic carbocycles. The van der Waals surface area contributed by atoms with Crippen LogP contribution in [0.25, 0.3) is 27.3 Å². The molecular formula is C12H8N6. The number of rotatable bonds is 0. The van der Waals surface area contributed by atoms with E-state index in [9.17, 15) is 0 Å². The van der Waals surface area contributed by atoms with Crippen LogP contribution in [0.2, 0.25) is 0 Å². The van der Waals surface area contributed by atoms with Gasteiger partial charge in [0.25, 0.3) is 0 Å². The van der Waals surface area contributed by atoms with E-state index in [1.54, 1.807) is 35.6 Å². The van der Waals surface area contributed by atoms with Gasteiger partial charge in [-0.3, -0.25) is 9.97 Å². The molecular weight excluding hydrogens is 228 g/mol. The first-order valence-corrected chi connectivity index (χ1v) is 5.45. The van der Waals surface area contributed by atoms with Crippen molar-refractivity contribution in [2.75, 3.05) is 5.73 Å². The molecule has 18 heavy (non-hydrogen) atoms. The highest BCUT2D eigenvalue weighted by atomic mass is 15.2. The Balaban J connectivity index is 2.35. The van der Waals surface area contributed by atoms with E-state index in [1.807, 2.05) is 6.07 Å². The molecule has 0 spiro atoms. The molecule has 4 heterocycles. The molecule has 4 aromatic rings. The highest BCUT2D eigenvalue weighted by molar-refractivity contribution is 6.12. The van der Waals surface area contributed by atoms with Gasteiger partial charge in [-0.15, -0.1) is 0 Å². The van der Waals surface area contributed by atoms with Crippen molar-refractivity contribution in [2.45, 2.75) is 0 Å². The number of nitrogen functional groups attached to an aromatic ring is 1. The van der Waals surface area contributed by atoms with Gasteiger partial charge >= 0.3 is 0 Å². The highest BCUT2D eigenvalue weighted by Gasteiger charge is 2.11. The number of anilines is 1. The Hall–Kier alpha value is -2.76. The Bertz CT molecular complexity index is 895. The summed E-state index contributed by atoms with van der Waals surface area (Å²) in [7, 11) is 0. The lowest BCUT2D eigenvalue weighted by atomic mass is 10.1. The van der Waals surface area contributed by atoms with Crippen molar-refractivity contribution >= 4 is 33.0 Å². The van der Waals surface area contributed by atoms with E-state index in [0.29, 0.717) is 5.69 Å². The van der Waals surface area contributed by atoms with Crippen LogP contribution in [-0.4, -0.2) is 24.6 Å². The van der Waals surface area contributed by atoms with Crippen molar-refractivity contribution in [3.8, 4) is 0 Å². The maximum absolute atomic E-state index is 5.98. The fourth-order valence-corrected chi connectivity index (χ4v) is 2.20. The summed E-state index contributed by atoms with van der Waals surface area (Å²) in [6.45, 7) is 0. The van der Waals surface area contributed by atoms with Crippen LogP contribution in [0.1, 0.15) is 0 Å². The van der Waals surface area contributed by atoms with Gasteiger partial charge in [0.15, 0.2) is 0 Å². The monoisotopic (exact) mass is 236 g/mol. The fourth-order valence-electron chi connectivity index (χ4n) is 2.20. The van der Waals surface area contributed by atoms with E-state index in [2.05, 4.69) is 20.1 Å². The average Bonchev–Trinajstić information content (AvgIpc) is 2.77. The highest BCUT2D eigenvalue weighted by Crippen LogP contribution is 2.28. The molecule has 0 aliphatic heterocycles. The summed E-state index contributed by atoms with van der Waals surface area (Å²) in [5, 5.41) is 6.31. The molecule has 0 saturated carbocycles. The van der Waals surface area contributed by atoms with Crippen LogP contribution >= 0.6 is 0 Å². The molecule has 0 unspecified atom stereocenters. The lowest BCUT2D eigenvalue weighted by molar-refractivity contribution is 0.939. The summed E-state index contributed by atoms with van der Waals surface area (Å²) in [5.41, 5.74) is 9.10. The first kappa shape index (κ1) is 9.29. The van der Waals surface area contributed by atoms with E-state index in [0.717, 1.165) is 27.3 Å². The number of nitrogens with zero attached hydrogens (tertiary/aromatic N) is 5. The maximum atomic E-state index is 5.98. The Labute approximate surface area is 101 Å². The van der Waals surface area contributed by atoms with Crippen molar-refractivity contribution in [2.24, 2.45) is 0 Å². The van der Waals surface area contributed by atoms with Gasteiger partial charge in [0.05, 0.1) is 34.5 Å². The zero-order valence-corrected chi connectivity index (χ0v) is 9.28. The van der Waals surface area contributed by atoms with Crippen LogP contribution in [0.15, 0.2) is 37.2 Å². The Morgan fingerprint density at radius 3 is 3.00 bits per heavy atom. The second kappa shape index (κ2) is 3.13. The van der Waals surface area contributed by atoms with Gasteiger partial charge in [-0.25, -0.2) is 9.50 Å². The van der Waals surface area contributed by atoms with Crippen molar-refractivity contribution in [1.82, 2.24) is 24.6 Å². The van der Waals surface area contributed by atoms with Gasteiger partial charge in [-0.1, -0.05) is 0 Å². The van der Waals surface area contributed by atoms with Crippen LogP contribution in [0.5, 0.6) is 0 Å². The number of hydrogen-bond acceptors (Lipinski definition) is 5. The molecule has 6 heteroatoms. The Kier molecular flexibility index (Phi) is 1.62. The van der Waals surface area contributed by atoms with Gasteiger partial charge in [0, 0.05) is 17.8 Å². The Morgan fingerprint density at radius 2 is 2.06 bits per heavy atom. The Morgan fingerprint density at radius 1 is 1.11 bits per heavy atom. The van der Waals surface area contributed by atoms with Gasteiger partial charge in [0.2, 0.25) is 0 Å². The second-order valence-electron chi connectivity index (χ2n) is 4.05. The first-order valence-electron chi connectivity index (χ1n) is 5.45. The summed E-state index contributed by atoms with van der Waals surface area (Å²) in [4.78, 5) is 12.5. The molecule has 0 atom stereocenters. The van der Waals surface area contributed by atoms with Gasteiger partial charge < -0.3 is 5.73 Å². The predicted octanol–water partition coefficient (Wildman–Crippen LogP) is 1.41. The lowest BCUT2D eigenvalue weighted by Gasteiger charge is -2.00. The second-order valence-corrected chi connectivity index (χ2v) is 4.05. The third-order valence-corrected chi connectivity index (χ3v) is 3.00. The van der Waals surface area contributed by atoms with Gasteiger partial charge in [0.1, 0.15) is 11.8 Å². The topological polar surface area (TPSA) is 82.0 Å². The molecule has 0 saturated heterocycles. The van der Waals surface area contributed by atoms with Crippen molar-refractivity contribution in [3.63, 3.8) is 0 Å². The van der Waals surface area contributed by atoms with Gasteiger partial charge in [-0.05, 0) is 6.07 Å². The van der Waals surface area contributed by atoms with Crippen LogP contribution in [0.4, 0.5) is 5.69 Å². The van der Waals surface area contributed by atoms with Crippen LogP contribution < -0.4 is 5.73 Å². The molecule has 0 amide bonds. The maximum Gasteiger partial charge on any atom is 0.117 e. The van der Waals surface area contributed by atoms with E-state index in [-0.39, 0.29) is 0 Å². The molecule has 0 fully saturated rings. The van der Waals surface area contributed by atoms with E-state index >= 15 is 0 Å². The minimum atomic E-state index is 0.585. The number of nitrogens with two attached hydrogens (primary N) is 1.